The van der Waals surface area contributed by atoms with Crippen molar-refractivity contribution in [2.45, 2.75) is 26.7 Å². The molecule has 0 aliphatic carbocycles. The van der Waals surface area contributed by atoms with Crippen LogP contribution in [-0.2, 0) is 17.6 Å². The first-order valence-corrected chi connectivity index (χ1v) is 7.79. The molecule has 1 aromatic carbocycles. The van der Waals surface area contributed by atoms with Crippen LogP contribution in [0.25, 0.3) is 0 Å². The summed E-state index contributed by atoms with van der Waals surface area (Å²) in [4.78, 5) is 37.3. The smallest absolute Gasteiger partial charge is 0.307 e. The second-order valence-corrected chi connectivity index (χ2v) is 6.19. The molecule has 25 heavy (non-hydrogen) atoms. The molecule has 2 aromatic rings. The topological polar surface area (TPSA) is 99.3 Å². The molecule has 0 aliphatic rings. The largest absolute Gasteiger partial charge is 0.481 e. The number of aliphatic carboxylic acids is 1. The quantitative estimate of drug-likeness (QED) is 0.748. The minimum atomic E-state index is -1.14. The summed E-state index contributed by atoms with van der Waals surface area (Å²) in [6.45, 7) is 3.99. The number of benzene rings is 1. The van der Waals surface area contributed by atoms with Crippen molar-refractivity contribution in [2.24, 2.45) is 5.92 Å². The zero-order valence-electron chi connectivity index (χ0n) is 13.9. The first kappa shape index (κ1) is 18.4. The number of aromatic amines is 1. The second kappa shape index (κ2) is 7.74. The average Bonchev–Trinajstić information content (AvgIpc) is 2.48. The van der Waals surface area contributed by atoms with Crippen molar-refractivity contribution < 1.29 is 19.1 Å². The number of carboxylic acids is 1. The number of carbonyl (C=O) groups is 2. The first-order valence-electron chi connectivity index (χ1n) is 7.79. The van der Waals surface area contributed by atoms with Crippen LogP contribution < -0.4 is 10.9 Å². The molecular formula is C18H19FN2O4. The molecule has 0 atom stereocenters. The van der Waals surface area contributed by atoms with E-state index >= 15 is 0 Å². The Balaban J connectivity index is 2.19. The van der Waals surface area contributed by atoms with E-state index in [-0.39, 0.29) is 22.4 Å². The van der Waals surface area contributed by atoms with E-state index in [0.717, 1.165) is 6.07 Å². The molecule has 132 valence electrons. The number of aromatic nitrogens is 1. The van der Waals surface area contributed by atoms with E-state index in [9.17, 15) is 18.8 Å². The summed E-state index contributed by atoms with van der Waals surface area (Å²) < 4.78 is 13.9. The van der Waals surface area contributed by atoms with Gasteiger partial charge in [0.2, 0.25) is 5.56 Å². The zero-order valence-corrected chi connectivity index (χ0v) is 13.9. The maximum Gasteiger partial charge on any atom is 0.307 e. The number of amides is 1. The van der Waals surface area contributed by atoms with Crippen LogP contribution in [0.3, 0.4) is 0 Å². The van der Waals surface area contributed by atoms with E-state index in [1.54, 1.807) is 6.07 Å². The van der Waals surface area contributed by atoms with Crippen LogP contribution in [0.5, 0.6) is 0 Å². The SMILES string of the molecule is CC(C)Cc1cc(C(=O)Nc2ccc(CC(=O)O)c(F)c2)cc(=O)[nH]1. The Hall–Kier alpha value is -2.96. The number of H-pyrrole nitrogens is 1. The number of hydrogen-bond donors (Lipinski definition) is 3. The van der Waals surface area contributed by atoms with Gasteiger partial charge in [0.05, 0.1) is 6.42 Å². The summed E-state index contributed by atoms with van der Waals surface area (Å²) >= 11 is 0. The van der Waals surface area contributed by atoms with Gasteiger partial charge in [-0.25, -0.2) is 4.39 Å². The Morgan fingerprint density at radius 1 is 1.24 bits per heavy atom. The molecule has 0 radical (unpaired) electrons. The molecular weight excluding hydrogens is 327 g/mol. The molecule has 0 unspecified atom stereocenters. The van der Waals surface area contributed by atoms with E-state index in [1.165, 1.54) is 18.2 Å². The minimum Gasteiger partial charge on any atom is -0.481 e. The van der Waals surface area contributed by atoms with E-state index in [2.05, 4.69) is 10.3 Å². The highest BCUT2D eigenvalue weighted by molar-refractivity contribution is 6.04. The molecule has 0 fully saturated rings. The Bertz CT molecular complexity index is 858. The number of hydrogen-bond acceptors (Lipinski definition) is 3. The van der Waals surface area contributed by atoms with E-state index in [1.807, 2.05) is 13.8 Å². The van der Waals surface area contributed by atoms with Crippen molar-refractivity contribution in [3.63, 3.8) is 0 Å². The van der Waals surface area contributed by atoms with Gasteiger partial charge in [-0.2, -0.15) is 0 Å². The van der Waals surface area contributed by atoms with E-state index in [4.69, 9.17) is 5.11 Å². The maximum absolute atomic E-state index is 13.9. The van der Waals surface area contributed by atoms with Gasteiger partial charge >= 0.3 is 5.97 Å². The fraction of sp³-hybridized carbons (Fsp3) is 0.278. The van der Waals surface area contributed by atoms with Crippen molar-refractivity contribution >= 4 is 17.6 Å². The predicted molar refractivity (Wildman–Crippen MR) is 91.3 cm³/mol. The van der Waals surface area contributed by atoms with E-state index in [0.29, 0.717) is 18.0 Å². The van der Waals surface area contributed by atoms with Gasteiger partial charge in [-0.3, -0.25) is 14.4 Å². The van der Waals surface area contributed by atoms with Crippen LogP contribution in [0.1, 0.15) is 35.5 Å². The Morgan fingerprint density at radius 2 is 1.96 bits per heavy atom. The molecule has 0 saturated carbocycles. The van der Waals surface area contributed by atoms with Gasteiger partial charge < -0.3 is 15.4 Å². The van der Waals surface area contributed by atoms with Gasteiger partial charge in [-0.15, -0.1) is 0 Å². The van der Waals surface area contributed by atoms with Gasteiger partial charge in [-0.1, -0.05) is 19.9 Å². The number of carbonyl (C=O) groups excluding carboxylic acids is 1. The van der Waals surface area contributed by atoms with Crippen LogP contribution in [0, 0.1) is 11.7 Å². The number of halogens is 1. The van der Waals surface area contributed by atoms with Crippen LogP contribution in [0.4, 0.5) is 10.1 Å². The molecule has 0 saturated heterocycles. The Morgan fingerprint density at radius 3 is 2.56 bits per heavy atom. The van der Waals surface area contributed by atoms with Crippen molar-refractivity contribution in [1.82, 2.24) is 4.98 Å². The Labute approximate surface area is 143 Å². The third kappa shape index (κ3) is 5.27. The van der Waals surface area contributed by atoms with Gasteiger partial charge in [0.1, 0.15) is 5.82 Å². The number of nitrogens with one attached hydrogen (secondary N) is 2. The fourth-order valence-electron chi connectivity index (χ4n) is 2.42. The highest BCUT2D eigenvalue weighted by Crippen LogP contribution is 2.16. The molecule has 6 nitrogen and oxygen atoms in total. The molecule has 1 aromatic heterocycles. The third-order valence-corrected chi connectivity index (χ3v) is 3.44. The predicted octanol–water partition coefficient (Wildman–Crippen LogP) is 2.59. The van der Waals surface area contributed by atoms with Crippen LogP contribution >= 0.6 is 0 Å². The average molecular weight is 346 g/mol. The number of pyridine rings is 1. The van der Waals surface area contributed by atoms with Crippen LogP contribution in [-0.4, -0.2) is 22.0 Å². The molecule has 0 aliphatic heterocycles. The summed E-state index contributed by atoms with van der Waals surface area (Å²) in [6, 6.07) is 6.54. The third-order valence-electron chi connectivity index (χ3n) is 3.44. The normalized spacial score (nSPS) is 10.7. The molecule has 1 heterocycles. The number of anilines is 1. The van der Waals surface area contributed by atoms with Crippen molar-refractivity contribution in [2.75, 3.05) is 5.32 Å². The fourth-order valence-corrected chi connectivity index (χ4v) is 2.42. The van der Waals surface area contributed by atoms with E-state index < -0.39 is 24.1 Å². The summed E-state index contributed by atoms with van der Waals surface area (Å²) in [5, 5.41) is 11.2. The molecule has 2 rings (SSSR count). The van der Waals surface area contributed by atoms with Crippen molar-refractivity contribution in [3.8, 4) is 0 Å². The molecule has 0 spiro atoms. The summed E-state index contributed by atoms with van der Waals surface area (Å²) in [5.74, 6) is -2.09. The second-order valence-electron chi connectivity index (χ2n) is 6.19. The molecule has 7 heteroatoms. The first-order chi connectivity index (χ1) is 11.7. The molecule has 3 N–H and O–H groups in total. The zero-order chi connectivity index (χ0) is 18.6. The summed E-state index contributed by atoms with van der Waals surface area (Å²) in [5.41, 5.74) is 0.652. The monoisotopic (exact) mass is 346 g/mol. The molecule has 1 amide bonds. The number of carboxylic acid groups (broad SMARTS) is 1. The van der Waals surface area contributed by atoms with Gasteiger partial charge in [0.25, 0.3) is 5.91 Å². The summed E-state index contributed by atoms with van der Waals surface area (Å²) in [7, 11) is 0. The van der Waals surface area contributed by atoms with Crippen LogP contribution in [0.15, 0.2) is 35.1 Å². The van der Waals surface area contributed by atoms with Gasteiger partial charge in [0.15, 0.2) is 0 Å². The summed E-state index contributed by atoms with van der Waals surface area (Å²) in [6.07, 6.45) is 0.182. The molecule has 0 bridgehead atoms. The lowest BCUT2D eigenvalue weighted by molar-refractivity contribution is -0.136. The van der Waals surface area contributed by atoms with Crippen LogP contribution in [0.2, 0.25) is 0 Å². The highest BCUT2D eigenvalue weighted by atomic mass is 19.1. The minimum absolute atomic E-state index is 0.0286. The highest BCUT2D eigenvalue weighted by Gasteiger charge is 2.12. The van der Waals surface area contributed by atoms with Crippen molar-refractivity contribution in [3.05, 3.63) is 63.3 Å². The maximum atomic E-state index is 13.9. The standard InChI is InChI=1S/C18H19FN2O4/c1-10(2)5-14-6-12(7-16(22)20-14)18(25)21-13-4-3-11(8-17(23)24)15(19)9-13/h3-4,6-7,9-10H,5,8H2,1-2H3,(H,20,22)(H,21,25)(H,23,24). The Kier molecular flexibility index (Phi) is 5.69. The van der Waals surface area contributed by atoms with Gasteiger partial charge in [-0.05, 0) is 36.1 Å². The lowest BCUT2D eigenvalue weighted by Crippen LogP contribution is -2.18. The van der Waals surface area contributed by atoms with Gasteiger partial charge in [0, 0.05) is 23.0 Å². The lowest BCUT2D eigenvalue weighted by Gasteiger charge is -2.09. The van der Waals surface area contributed by atoms with Crippen molar-refractivity contribution in [1.29, 1.82) is 0 Å². The number of rotatable bonds is 6. The lowest BCUT2D eigenvalue weighted by atomic mass is 10.1.